The van der Waals surface area contributed by atoms with Crippen LogP contribution >= 0.6 is 0 Å². The van der Waals surface area contributed by atoms with E-state index in [-0.39, 0.29) is 0 Å². The van der Waals surface area contributed by atoms with Gasteiger partial charge >= 0.3 is 6.18 Å². The lowest BCUT2D eigenvalue weighted by Gasteiger charge is -2.15. The van der Waals surface area contributed by atoms with Crippen LogP contribution in [0, 0.1) is 20.8 Å². The number of furan rings is 1. The third kappa shape index (κ3) is 3.36. The van der Waals surface area contributed by atoms with Crippen molar-refractivity contribution in [3.8, 4) is 22.3 Å². The summed E-state index contributed by atoms with van der Waals surface area (Å²) in [7, 11) is 0. The molecule has 0 amide bonds. The fraction of sp³-hybridized carbons (Fsp3) is 0.143. The average molecular weight is 430 g/mol. The zero-order chi connectivity index (χ0) is 22.6. The predicted octanol–water partition coefficient (Wildman–Crippen LogP) is 8.86. The number of hydrogen-bond acceptors (Lipinski definition) is 1. The lowest BCUT2D eigenvalue weighted by Crippen LogP contribution is -2.05. The van der Waals surface area contributed by atoms with Crippen molar-refractivity contribution in [2.75, 3.05) is 0 Å². The van der Waals surface area contributed by atoms with Gasteiger partial charge in [0.15, 0.2) is 0 Å². The number of fused-ring (bicyclic) bond motifs is 3. The quantitative estimate of drug-likeness (QED) is 0.273. The lowest BCUT2D eigenvalue weighted by atomic mass is 9.91. The van der Waals surface area contributed by atoms with E-state index in [2.05, 4.69) is 6.07 Å². The molecular formula is C28H21F3O. The highest BCUT2D eigenvalue weighted by atomic mass is 19.4. The average Bonchev–Trinajstić information content (AvgIpc) is 3.12. The van der Waals surface area contributed by atoms with Crippen LogP contribution in [0.25, 0.3) is 44.2 Å². The third-order valence-corrected chi connectivity index (χ3v) is 6.06. The van der Waals surface area contributed by atoms with Gasteiger partial charge in [0.25, 0.3) is 0 Å². The van der Waals surface area contributed by atoms with Crippen LogP contribution in [-0.2, 0) is 6.18 Å². The van der Waals surface area contributed by atoms with Crippen molar-refractivity contribution in [2.24, 2.45) is 0 Å². The van der Waals surface area contributed by atoms with Crippen LogP contribution in [0.15, 0.2) is 77.2 Å². The van der Waals surface area contributed by atoms with Crippen molar-refractivity contribution >= 4 is 21.9 Å². The molecule has 0 radical (unpaired) electrons. The maximum absolute atomic E-state index is 13.4. The molecule has 32 heavy (non-hydrogen) atoms. The first-order valence-corrected chi connectivity index (χ1v) is 10.4. The molecule has 0 saturated heterocycles. The molecule has 0 aliphatic heterocycles. The first-order chi connectivity index (χ1) is 15.2. The molecule has 4 heteroatoms. The Balaban J connectivity index is 1.72. The molecule has 1 heterocycles. The van der Waals surface area contributed by atoms with E-state index >= 15 is 0 Å². The molecule has 5 rings (SSSR count). The Kier molecular flexibility index (Phi) is 4.63. The summed E-state index contributed by atoms with van der Waals surface area (Å²) in [5.41, 5.74) is 7.04. The van der Waals surface area contributed by atoms with E-state index in [1.54, 1.807) is 0 Å². The van der Waals surface area contributed by atoms with Gasteiger partial charge in [0.2, 0.25) is 0 Å². The second-order valence-electron chi connectivity index (χ2n) is 8.34. The summed E-state index contributed by atoms with van der Waals surface area (Å²) in [5.74, 6) is 0. The number of benzene rings is 4. The Morgan fingerprint density at radius 3 is 2.12 bits per heavy atom. The van der Waals surface area contributed by atoms with Crippen LogP contribution in [0.1, 0.15) is 22.3 Å². The molecule has 0 bridgehead atoms. The molecule has 0 N–H and O–H groups in total. The van der Waals surface area contributed by atoms with Gasteiger partial charge in [0.05, 0.1) is 5.56 Å². The van der Waals surface area contributed by atoms with E-state index in [0.29, 0.717) is 5.56 Å². The number of aryl methyl sites for hydroxylation is 3. The minimum atomic E-state index is -4.38. The van der Waals surface area contributed by atoms with Gasteiger partial charge in [-0.05, 0) is 78.9 Å². The van der Waals surface area contributed by atoms with Gasteiger partial charge in [0.1, 0.15) is 11.2 Å². The molecule has 160 valence electrons. The smallest absolute Gasteiger partial charge is 0.416 e. The monoisotopic (exact) mass is 430 g/mol. The van der Waals surface area contributed by atoms with Crippen molar-refractivity contribution in [2.45, 2.75) is 26.9 Å². The number of para-hydroxylation sites is 1. The van der Waals surface area contributed by atoms with Gasteiger partial charge in [-0.1, -0.05) is 48.0 Å². The summed E-state index contributed by atoms with van der Waals surface area (Å²) < 4.78 is 46.3. The molecule has 0 atom stereocenters. The Morgan fingerprint density at radius 1 is 0.656 bits per heavy atom. The van der Waals surface area contributed by atoms with E-state index in [4.69, 9.17) is 4.42 Å². The van der Waals surface area contributed by atoms with Gasteiger partial charge in [-0.15, -0.1) is 0 Å². The fourth-order valence-electron chi connectivity index (χ4n) is 4.31. The Morgan fingerprint density at radius 2 is 1.38 bits per heavy atom. The molecule has 0 spiro atoms. The van der Waals surface area contributed by atoms with Gasteiger partial charge in [-0.25, -0.2) is 0 Å². The fourth-order valence-corrected chi connectivity index (χ4v) is 4.31. The van der Waals surface area contributed by atoms with Gasteiger partial charge in [-0.2, -0.15) is 13.2 Å². The van der Waals surface area contributed by atoms with Gasteiger partial charge in [0, 0.05) is 16.3 Å². The van der Waals surface area contributed by atoms with E-state index in [0.717, 1.165) is 61.4 Å². The molecule has 4 aromatic carbocycles. The normalized spacial score (nSPS) is 12.1. The van der Waals surface area contributed by atoms with Crippen molar-refractivity contribution in [3.05, 3.63) is 95.1 Å². The lowest BCUT2D eigenvalue weighted by molar-refractivity contribution is -0.137. The predicted molar refractivity (Wildman–Crippen MR) is 124 cm³/mol. The van der Waals surface area contributed by atoms with E-state index in [1.807, 2.05) is 69.3 Å². The van der Waals surface area contributed by atoms with Crippen molar-refractivity contribution in [1.82, 2.24) is 0 Å². The summed E-state index contributed by atoms with van der Waals surface area (Å²) in [6.07, 6.45) is -4.38. The molecule has 5 aromatic rings. The van der Waals surface area contributed by atoms with Gasteiger partial charge in [-0.3, -0.25) is 0 Å². The van der Waals surface area contributed by atoms with E-state index < -0.39 is 11.7 Å². The highest BCUT2D eigenvalue weighted by Gasteiger charge is 2.31. The molecular weight excluding hydrogens is 409 g/mol. The first-order valence-electron chi connectivity index (χ1n) is 10.4. The first kappa shape index (κ1) is 20.4. The van der Waals surface area contributed by atoms with E-state index in [9.17, 15) is 13.2 Å². The molecule has 0 fully saturated rings. The van der Waals surface area contributed by atoms with Crippen molar-refractivity contribution < 1.29 is 17.6 Å². The van der Waals surface area contributed by atoms with Crippen LogP contribution in [0.5, 0.6) is 0 Å². The summed E-state index contributed by atoms with van der Waals surface area (Å²) in [5, 5.41) is 2.08. The summed E-state index contributed by atoms with van der Waals surface area (Å²) >= 11 is 0. The number of hydrogen-bond donors (Lipinski definition) is 0. The Bertz CT molecular complexity index is 1490. The topological polar surface area (TPSA) is 13.1 Å². The van der Waals surface area contributed by atoms with Crippen LogP contribution in [-0.4, -0.2) is 0 Å². The van der Waals surface area contributed by atoms with Crippen LogP contribution in [0.4, 0.5) is 13.2 Å². The summed E-state index contributed by atoms with van der Waals surface area (Å²) in [6.45, 7) is 5.80. The van der Waals surface area contributed by atoms with Crippen LogP contribution < -0.4 is 0 Å². The van der Waals surface area contributed by atoms with Crippen LogP contribution in [0.3, 0.4) is 0 Å². The third-order valence-electron chi connectivity index (χ3n) is 6.06. The number of alkyl halides is 3. The zero-order valence-corrected chi connectivity index (χ0v) is 18.0. The second-order valence-corrected chi connectivity index (χ2v) is 8.34. The SMILES string of the molecule is Cc1ccc2oc3c(-c4ccc(C)c(-c5cc(C(F)(F)F)ccc5C)c4)cccc3c2c1. The number of rotatable bonds is 2. The molecule has 1 aromatic heterocycles. The molecule has 0 aliphatic carbocycles. The maximum Gasteiger partial charge on any atom is 0.416 e. The second kappa shape index (κ2) is 7.27. The maximum atomic E-state index is 13.4. The largest absolute Gasteiger partial charge is 0.455 e. The minimum Gasteiger partial charge on any atom is -0.455 e. The standard InChI is InChI=1S/C28H21F3O/c1-16-7-12-26-25(13-16)22-6-4-5-21(27(22)32-26)19-10-8-17(2)23(14-19)24-15-20(28(29,30)31)11-9-18(24)3/h4-15H,1-3H3. The van der Waals surface area contributed by atoms with Crippen molar-refractivity contribution in [1.29, 1.82) is 0 Å². The summed E-state index contributed by atoms with van der Waals surface area (Å²) in [4.78, 5) is 0. The zero-order valence-electron chi connectivity index (χ0n) is 18.0. The molecule has 0 saturated carbocycles. The highest BCUT2D eigenvalue weighted by molar-refractivity contribution is 6.09. The Labute approximate surface area is 184 Å². The molecule has 0 aliphatic rings. The summed E-state index contributed by atoms with van der Waals surface area (Å²) in [6, 6.07) is 21.9. The van der Waals surface area contributed by atoms with Crippen LogP contribution in [0.2, 0.25) is 0 Å². The highest BCUT2D eigenvalue weighted by Crippen LogP contribution is 2.39. The number of halogens is 3. The van der Waals surface area contributed by atoms with Crippen molar-refractivity contribution in [3.63, 3.8) is 0 Å². The van der Waals surface area contributed by atoms with Gasteiger partial charge < -0.3 is 4.42 Å². The van der Waals surface area contributed by atoms with E-state index in [1.165, 1.54) is 12.1 Å². The molecule has 1 nitrogen and oxygen atoms in total. The molecule has 0 unspecified atom stereocenters. The minimum absolute atomic E-state index is 0.589. The Hall–Kier alpha value is -3.53.